The van der Waals surface area contributed by atoms with E-state index in [2.05, 4.69) is 48.9 Å². The van der Waals surface area contributed by atoms with E-state index < -0.39 is 6.04 Å². The third kappa shape index (κ3) is 8.73. The summed E-state index contributed by atoms with van der Waals surface area (Å²) in [7, 11) is 0. The number of ether oxygens (including phenoxy) is 1. The average molecular weight is 580 g/mol. The van der Waals surface area contributed by atoms with Crippen molar-refractivity contribution in [2.24, 2.45) is 0 Å². The summed E-state index contributed by atoms with van der Waals surface area (Å²) in [6.45, 7) is 9.15. The number of benzene rings is 3. The van der Waals surface area contributed by atoms with E-state index >= 15 is 0 Å². The van der Waals surface area contributed by atoms with E-state index in [0.29, 0.717) is 25.3 Å². The highest BCUT2D eigenvalue weighted by atomic mass is 79.9. The van der Waals surface area contributed by atoms with Gasteiger partial charge in [-0.15, -0.1) is 0 Å². The van der Waals surface area contributed by atoms with Gasteiger partial charge < -0.3 is 15.0 Å². The summed E-state index contributed by atoms with van der Waals surface area (Å²) in [5.74, 6) is 0.295. The van der Waals surface area contributed by atoms with E-state index in [9.17, 15) is 9.59 Å². The molecule has 3 aromatic carbocycles. The molecule has 38 heavy (non-hydrogen) atoms. The molecule has 202 valence electrons. The fourth-order valence-corrected chi connectivity index (χ4v) is 4.77. The molecule has 0 heterocycles. The number of rotatable bonds is 12. The van der Waals surface area contributed by atoms with Crippen LogP contribution in [-0.4, -0.2) is 35.9 Å². The van der Waals surface area contributed by atoms with Crippen molar-refractivity contribution in [2.75, 3.05) is 13.2 Å². The fraction of sp³-hybridized carbons (Fsp3) is 0.375. The molecule has 3 rings (SSSR count). The van der Waals surface area contributed by atoms with E-state index in [-0.39, 0.29) is 23.8 Å². The number of nitrogens with zero attached hydrogens (tertiary/aromatic N) is 1. The maximum absolute atomic E-state index is 13.8. The molecule has 0 saturated carbocycles. The lowest BCUT2D eigenvalue weighted by atomic mass is 9.86. The number of para-hydroxylation sites is 1. The van der Waals surface area contributed by atoms with Gasteiger partial charge in [0.25, 0.3) is 5.91 Å². The second kappa shape index (κ2) is 14.1. The minimum Gasteiger partial charge on any atom is -0.483 e. The molecule has 6 heteroatoms. The maximum Gasteiger partial charge on any atom is 0.261 e. The molecule has 3 aromatic rings. The van der Waals surface area contributed by atoms with Crippen LogP contribution in [0.4, 0.5) is 0 Å². The predicted molar refractivity (Wildman–Crippen MR) is 157 cm³/mol. The lowest BCUT2D eigenvalue weighted by molar-refractivity contribution is -0.142. The highest BCUT2D eigenvalue weighted by molar-refractivity contribution is 9.10. The smallest absolute Gasteiger partial charge is 0.261 e. The van der Waals surface area contributed by atoms with Crippen molar-refractivity contribution in [3.05, 3.63) is 100 Å². The Kier molecular flexibility index (Phi) is 11.0. The number of unbranched alkanes of at least 4 members (excludes halogenated alkanes) is 1. The zero-order valence-corrected chi connectivity index (χ0v) is 24.5. The first kappa shape index (κ1) is 29.4. The average Bonchev–Trinajstić information content (AvgIpc) is 2.89. The van der Waals surface area contributed by atoms with Crippen LogP contribution in [0.1, 0.15) is 57.2 Å². The molecule has 0 aromatic heterocycles. The third-order valence-corrected chi connectivity index (χ3v) is 6.88. The quantitative estimate of drug-likeness (QED) is 0.244. The molecule has 1 N–H and O–H groups in total. The van der Waals surface area contributed by atoms with Gasteiger partial charge in [0.2, 0.25) is 5.91 Å². The molecule has 0 aliphatic carbocycles. The first-order valence-corrected chi connectivity index (χ1v) is 14.1. The van der Waals surface area contributed by atoms with Crippen molar-refractivity contribution >= 4 is 27.7 Å². The van der Waals surface area contributed by atoms with Gasteiger partial charge in [0, 0.05) is 24.0 Å². The lowest BCUT2D eigenvalue weighted by Crippen LogP contribution is -2.51. The van der Waals surface area contributed by atoms with Gasteiger partial charge in [-0.2, -0.15) is 0 Å². The zero-order chi connectivity index (χ0) is 27.5. The number of carbonyl (C=O) groups is 2. The first-order valence-electron chi connectivity index (χ1n) is 13.3. The van der Waals surface area contributed by atoms with Gasteiger partial charge in [-0.05, 0) is 46.7 Å². The van der Waals surface area contributed by atoms with Crippen LogP contribution >= 0.6 is 15.9 Å². The third-order valence-electron chi connectivity index (χ3n) is 6.39. The fourth-order valence-electron chi connectivity index (χ4n) is 4.33. The molecule has 0 radical (unpaired) electrons. The van der Waals surface area contributed by atoms with Gasteiger partial charge in [-0.1, -0.05) is 111 Å². The van der Waals surface area contributed by atoms with Crippen LogP contribution in [-0.2, 0) is 28.0 Å². The summed E-state index contributed by atoms with van der Waals surface area (Å²) in [4.78, 5) is 29.0. The summed E-state index contributed by atoms with van der Waals surface area (Å²) in [6.07, 6.45) is 2.28. The van der Waals surface area contributed by atoms with Crippen molar-refractivity contribution in [3.63, 3.8) is 0 Å². The van der Waals surface area contributed by atoms with Crippen LogP contribution in [0.5, 0.6) is 5.75 Å². The Labute approximate surface area is 235 Å². The summed E-state index contributed by atoms with van der Waals surface area (Å²) in [6, 6.07) is 24.8. The summed E-state index contributed by atoms with van der Waals surface area (Å²) in [5.41, 5.74) is 2.82. The first-order chi connectivity index (χ1) is 18.2. The standard InChI is InChI=1S/C32H39BrN2O3/c1-5-6-19-34-31(37)28(21-24-13-8-7-9-14-24)35(22-25-15-12-16-26(33)20-25)30(36)23-38-29-18-11-10-17-27(29)32(2,3)4/h7-18,20,28H,5-6,19,21-23H2,1-4H3,(H,34,37)/t28-/m1/s1. The SMILES string of the molecule is CCCCNC(=O)[C@@H](Cc1ccccc1)N(Cc1cccc(Br)c1)C(=O)COc1ccccc1C(C)(C)C. The van der Waals surface area contributed by atoms with Crippen molar-refractivity contribution in [1.29, 1.82) is 0 Å². The Hall–Kier alpha value is -3.12. The molecule has 0 unspecified atom stereocenters. The zero-order valence-electron chi connectivity index (χ0n) is 22.9. The minimum atomic E-state index is -0.679. The van der Waals surface area contributed by atoms with Crippen LogP contribution in [0, 0.1) is 0 Å². The molecule has 0 saturated heterocycles. The molecule has 1 atom stereocenters. The van der Waals surface area contributed by atoms with Crippen LogP contribution in [0.15, 0.2) is 83.3 Å². The molecule has 0 bridgehead atoms. The number of halogens is 1. The number of carbonyl (C=O) groups excluding carboxylic acids is 2. The van der Waals surface area contributed by atoms with Gasteiger partial charge in [-0.3, -0.25) is 9.59 Å². The summed E-state index contributed by atoms with van der Waals surface area (Å²) < 4.78 is 7.04. The predicted octanol–water partition coefficient (Wildman–Crippen LogP) is 6.68. The van der Waals surface area contributed by atoms with Crippen LogP contribution < -0.4 is 10.1 Å². The molecule has 2 amide bonds. The highest BCUT2D eigenvalue weighted by Gasteiger charge is 2.31. The Morgan fingerprint density at radius 2 is 1.63 bits per heavy atom. The van der Waals surface area contributed by atoms with Gasteiger partial charge in [-0.25, -0.2) is 0 Å². The molecular weight excluding hydrogens is 540 g/mol. The monoisotopic (exact) mass is 578 g/mol. The lowest BCUT2D eigenvalue weighted by Gasteiger charge is -2.32. The number of hydrogen-bond acceptors (Lipinski definition) is 3. The molecule has 0 spiro atoms. The Morgan fingerprint density at radius 3 is 2.32 bits per heavy atom. The Bertz CT molecular complexity index is 1190. The number of nitrogens with one attached hydrogen (secondary N) is 1. The molecule has 0 aliphatic rings. The van der Waals surface area contributed by atoms with Crippen molar-refractivity contribution in [3.8, 4) is 5.75 Å². The maximum atomic E-state index is 13.8. The largest absolute Gasteiger partial charge is 0.483 e. The van der Waals surface area contributed by atoms with Gasteiger partial charge >= 0.3 is 0 Å². The normalized spacial score (nSPS) is 12.0. The highest BCUT2D eigenvalue weighted by Crippen LogP contribution is 2.31. The summed E-state index contributed by atoms with van der Waals surface area (Å²) in [5, 5.41) is 3.06. The van der Waals surface area contributed by atoms with Crippen molar-refractivity contribution < 1.29 is 14.3 Å². The van der Waals surface area contributed by atoms with E-state index in [4.69, 9.17) is 4.74 Å². The second-order valence-electron chi connectivity index (χ2n) is 10.5. The Balaban J connectivity index is 1.92. The van der Waals surface area contributed by atoms with E-state index in [0.717, 1.165) is 34.0 Å². The molecule has 0 fully saturated rings. The van der Waals surface area contributed by atoms with Gasteiger partial charge in [0.05, 0.1) is 0 Å². The number of hydrogen-bond donors (Lipinski definition) is 1. The van der Waals surface area contributed by atoms with Crippen LogP contribution in [0.3, 0.4) is 0 Å². The van der Waals surface area contributed by atoms with Gasteiger partial charge in [0.15, 0.2) is 6.61 Å². The number of amides is 2. The minimum absolute atomic E-state index is 0.134. The van der Waals surface area contributed by atoms with Crippen LogP contribution in [0.2, 0.25) is 0 Å². The van der Waals surface area contributed by atoms with E-state index in [1.807, 2.05) is 78.9 Å². The van der Waals surface area contributed by atoms with Crippen molar-refractivity contribution in [1.82, 2.24) is 10.2 Å². The van der Waals surface area contributed by atoms with E-state index in [1.165, 1.54) is 0 Å². The Morgan fingerprint density at radius 1 is 0.947 bits per heavy atom. The molecule has 0 aliphatic heterocycles. The molecular formula is C32H39BrN2O3. The molecule has 5 nitrogen and oxygen atoms in total. The van der Waals surface area contributed by atoms with Crippen molar-refractivity contribution in [2.45, 2.75) is 65.0 Å². The summed E-state index contributed by atoms with van der Waals surface area (Å²) >= 11 is 3.53. The topological polar surface area (TPSA) is 58.6 Å². The van der Waals surface area contributed by atoms with E-state index in [1.54, 1.807) is 4.90 Å². The van der Waals surface area contributed by atoms with Crippen LogP contribution in [0.25, 0.3) is 0 Å². The second-order valence-corrected chi connectivity index (χ2v) is 11.5. The van der Waals surface area contributed by atoms with Gasteiger partial charge in [0.1, 0.15) is 11.8 Å².